The summed E-state index contributed by atoms with van der Waals surface area (Å²) in [6, 6.07) is 5.99. The summed E-state index contributed by atoms with van der Waals surface area (Å²) < 4.78 is 0. The van der Waals surface area contributed by atoms with Gasteiger partial charge in [0.25, 0.3) is 5.91 Å². The molecule has 104 valence electrons. The number of hydrogen-bond acceptors (Lipinski definition) is 2. The molecular weight excluding hydrogens is 236 g/mol. The van der Waals surface area contributed by atoms with Crippen LogP contribution in [0.2, 0.25) is 0 Å². The molecule has 1 fully saturated rings. The molecule has 1 aliphatic heterocycles. The van der Waals surface area contributed by atoms with Gasteiger partial charge in [0, 0.05) is 12.1 Å². The lowest BCUT2D eigenvalue weighted by atomic mass is 9.88. The van der Waals surface area contributed by atoms with Crippen LogP contribution in [0.1, 0.15) is 34.8 Å². The zero-order valence-electron chi connectivity index (χ0n) is 12.1. The standard InChI is InChI=1S/C16H24N2O/c1-11-5-4-6-12(2)15(11)16(19)18-10-14-7-8-17-9-13(14)3/h4-6,13-14,17H,7-10H2,1-3H3,(H,18,19). The molecule has 1 heterocycles. The van der Waals surface area contributed by atoms with Gasteiger partial charge in [0.05, 0.1) is 0 Å². The third kappa shape index (κ3) is 3.35. The number of aryl methyl sites for hydroxylation is 2. The van der Waals surface area contributed by atoms with E-state index in [4.69, 9.17) is 0 Å². The maximum absolute atomic E-state index is 12.3. The van der Waals surface area contributed by atoms with E-state index in [1.807, 2.05) is 32.0 Å². The summed E-state index contributed by atoms with van der Waals surface area (Å²) in [7, 11) is 0. The van der Waals surface area contributed by atoms with Crippen LogP contribution in [0.3, 0.4) is 0 Å². The van der Waals surface area contributed by atoms with Gasteiger partial charge in [0.1, 0.15) is 0 Å². The molecule has 0 spiro atoms. The SMILES string of the molecule is Cc1cccc(C)c1C(=O)NCC1CCNCC1C. The first-order valence-electron chi connectivity index (χ1n) is 7.14. The molecule has 0 radical (unpaired) electrons. The summed E-state index contributed by atoms with van der Waals surface area (Å²) in [5.74, 6) is 1.29. The molecule has 0 saturated carbocycles. The highest BCUT2D eigenvalue weighted by molar-refractivity contribution is 5.97. The average Bonchev–Trinajstić information content (AvgIpc) is 2.37. The highest BCUT2D eigenvalue weighted by Crippen LogP contribution is 2.18. The zero-order valence-corrected chi connectivity index (χ0v) is 12.1. The molecule has 1 saturated heterocycles. The Balaban J connectivity index is 1.97. The summed E-state index contributed by atoms with van der Waals surface area (Å²) in [5, 5.41) is 6.50. The molecule has 2 rings (SSSR count). The van der Waals surface area contributed by atoms with E-state index in [1.54, 1.807) is 0 Å². The van der Waals surface area contributed by atoms with Crippen LogP contribution in [0.4, 0.5) is 0 Å². The number of amides is 1. The third-order valence-electron chi connectivity index (χ3n) is 4.20. The monoisotopic (exact) mass is 260 g/mol. The number of carbonyl (C=O) groups is 1. The fraction of sp³-hybridized carbons (Fsp3) is 0.562. The first-order valence-corrected chi connectivity index (χ1v) is 7.14. The highest BCUT2D eigenvalue weighted by Gasteiger charge is 2.22. The van der Waals surface area contributed by atoms with Gasteiger partial charge in [-0.05, 0) is 56.3 Å². The van der Waals surface area contributed by atoms with Crippen molar-refractivity contribution in [1.29, 1.82) is 0 Å². The Labute approximate surface area is 115 Å². The smallest absolute Gasteiger partial charge is 0.251 e. The number of hydrogen-bond donors (Lipinski definition) is 2. The minimum atomic E-state index is 0.0707. The molecule has 3 heteroatoms. The van der Waals surface area contributed by atoms with Gasteiger partial charge in [-0.3, -0.25) is 4.79 Å². The van der Waals surface area contributed by atoms with E-state index in [-0.39, 0.29) is 5.91 Å². The van der Waals surface area contributed by atoms with E-state index < -0.39 is 0 Å². The second kappa shape index (κ2) is 6.20. The molecule has 1 aromatic rings. The van der Waals surface area contributed by atoms with Crippen molar-refractivity contribution in [3.8, 4) is 0 Å². The van der Waals surface area contributed by atoms with Crippen LogP contribution in [0.15, 0.2) is 18.2 Å². The normalized spacial score (nSPS) is 23.1. The minimum Gasteiger partial charge on any atom is -0.352 e. The fourth-order valence-electron chi connectivity index (χ4n) is 2.86. The van der Waals surface area contributed by atoms with Crippen LogP contribution in [-0.2, 0) is 0 Å². The van der Waals surface area contributed by atoms with Crippen LogP contribution in [0, 0.1) is 25.7 Å². The molecule has 2 atom stereocenters. The number of carbonyl (C=O) groups excluding carboxylic acids is 1. The van der Waals surface area contributed by atoms with E-state index in [2.05, 4.69) is 17.6 Å². The molecule has 2 N–H and O–H groups in total. The van der Waals surface area contributed by atoms with Crippen LogP contribution in [-0.4, -0.2) is 25.5 Å². The van der Waals surface area contributed by atoms with Crippen molar-refractivity contribution < 1.29 is 4.79 Å². The second-order valence-corrected chi connectivity index (χ2v) is 5.71. The van der Waals surface area contributed by atoms with E-state index in [0.717, 1.165) is 42.7 Å². The summed E-state index contributed by atoms with van der Waals surface area (Å²) in [4.78, 5) is 12.3. The average molecular weight is 260 g/mol. The maximum atomic E-state index is 12.3. The molecule has 2 unspecified atom stereocenters. The lowest BCUT2D eigenvalue weighted by molar-refractivity contribution is 0.0937. The molecule has 0 bridgehead atoms. The Bertz CT molecular complexity index is 436. The Hall–Kier alpha value is -1.35. The molecule has 3 nitrogen and oxygen atoms in total. The summed E-state index contributed by atoms with van der Waals surface area (Å²) in [6.45, 7) is 9.15. The van der Waals surface area contributed by atoms with Gasteiger partial charge in [-0.25, -0.2) is 0 Å². The molecule has 1 amide bonds. The van der Waals surface area contributed by atoms with Crippen LogP contribution < -0.4 is 10.6 Å². The lowest BCUT2D eigenvalue weighted by Gasteiger charge is -2.29. The molecule has 1 aliphatic rings. The Morgan fingerprint density at radius 2 is 2.05 bits per heavy atom. The zero-order chi connectivity index (χ0) is 13.8. The van der Waals surface area contributed by atoms with E-state index in [1.165, 1.54) is 0 Å². The van der Waals surface area contributed by atoms with Crippen molar-refractivity contribution in [2.45, 2.75) is 27.2 Å². The topological polar surface area (TPSA) is 41.1 Å². The molecule has 0 aliphatic carbocycles. The number of benzene rings is 1. The van der Waals surface area contributed by atoms with Crippen LogP contribution in [0.5, 0.6) is 0 Å². The van der Waals surface area contributed by atoms with Crippen LogP contribution >= 0.6 is 0 Å². The highest BCUT2D eigenvalue weighted by atomic mass is 16.1. The van der Waals surface area contributed by atoms with Gasteiger partial charge in [0.15, 0.2) is 0 Å². The summed E-state index contributed by atoms with van der Waals surface area (Å²) >= 11 is 0. The van der Waals surface area contributed by atoms with Gasteiger partial charge in [-0.2, -0.15) is 0 Å². The first kappa shape index (κ1) is 14.1. The van der Waals surface area contributed by atoms with Crippen molar-refractivity contribution in [2.24, 2.45) is 11.8 Å². The largest absolute Gasteiger partial charge is 0.352 e. The van der Waals surface area contributed by atoms with E-state index in [0.29, 0.717) is 11.8 Å². The summed E-state index contributed by atoms with van der Waals surface area (Å²) in [5.41, 5.74) is 2.94. The molecule has 19 heavy (non-hydrogen) atoms. The fourth-order valence-corrected chi connectivity index (χ4v) is 2.86. The molecule has 0 aromatic heterocycles. The van der Waals surface area contributed by atoms with Gasteiger partial charge < -0.3 is 10.6 Å². The number of piperidine rings is 1. The Morgan fingerprint density at radius 3 is 2.68 bits per heavy atom. The van der Waals surface area contributed by atoms with E-state index in [9.17, 15) is 4.79 Å². The van der Waals surface area contributed by atoms with Crippen molar-refractivity contribution in [3.63, 3.8) is 0 Å². The van der Waals surface area contributed by atoms with Crippen molar-refractivity contribution in [3.05, 3.63) is 34.9 Å². The van der Waals surface area contributed by atoms with Crippen molar-refractivity contribution in [1.82, 2.24) is 10.6 Å². The van der Waals surface area contributed by atoms with Gasteiger partial charge in [-0.15, -0.1) is 0 Å². The maximum Gasteiger partial charge on any atom is 0.251 e. The van der Waals surface area contributed by atoms with Crippen LogP contribution in [0.25, 0.3) is 0 Å². The lowest BCUT2D eigenvalue weighted by Crippen LogP contribution is -2.41. The number of rotatable bonds is 3. The Morgan fingerprint density at radius 1 is 1.37 bits per heavy atom. The minimum absolute atomic E-state index is 0.0707. The predicted molar refractivity (Wildman–Crippen MR) is 78.4 cm³/mol. The summed E-state index contributed by atoms with van der Waals surface area (Å²) in [6.07, 6.45) is 1.15. The van der Waals surface area contributed by atoms with Gasteiger partial charge in [0.2, 0.25) is 0 Å². The molecular formula is C16H24N2O. The third-order valence-corrected chi connectivity index (χ3v) is 4.20. The van der Waals surface area contributed by atoms with Gasteiger partial charge in [-0.1, -0.05) is 25.1 Å². The Kier molecular flexibility index (Phi) is 4.59. The molecule has 1 aromatic carbocycles. The predicted octanol–water partition coefficient (Wildman–Crippen LogP) is 2.28. The van der Waals surface area contributed by atoms with Crippen molar-refractivity contribution >= 4 is 5.91 Å². The van der Waals surface area contributed by atoms with Gasteiger partial charge >= 0.3 is 0 Å². The quantitative estimate of drug-likeness (QED) is 0.875. The number of nitrogens with one attached hydrogen (secondary N) is 2. The first-order chi connectivity index (χ1) is 9.09. The van der Waals surface area contributed by atoms with E-state index >= 15 is 0 Å². The second-order valence-electron chi connectivity index (χ2n) is 5.71. The van der Waals surface area contributed by atoms with Crippen molar-refractivity contribution in [2.75, 3.05) is 19.6 Å².